The summed E-state index contributed by atoms with van der Waals surface area (Å²) in [6, 6.07) is 8.01. The van der Waals surface area contributed by atoms with Crippen molar-refractivity contribution in [3.05, 3.63) is 47.5 Å². The van der Waals surface area contributed by atoms with Gasteiger partial charge in [-0.15, -0.1) is 12.4 Å². The number of carbonyl (C=O) groups is 2. The first kappa shape index (κ1) is 22.3. The molecule has 2 aromatic carbocycles. The molecule has 0 spiro atoms. The normalized spacial score (nSPS) is 10.3. The standard InChI is InChI=1S/C19H21NO6.ClH/c1-11(2)20-9-17(24)13-4-6-15(22)19(8-13)26-10-18(25)12-3-5-14(21)16(23)7-12;/h3-8,11,20-23H,9-10H2,1-2H3;1H. The lowest BCUT2D eigenvalue weighted by Crippen LogP contribution is -2.29. The van der Waals surface area contributed by atoms with Crippen molar-refractivity contribution in [2.45, 2.75) is 19.9 Å². The maximum atomic E-state index is 12.1. The Morgan fingerprint density at radius 2 is 1.52 bits per heavy atom. The van der Waals surface area contributed by atoms with Crippen molar-refractivity contribution in [3.8, 4) is 23.0 Å². The molecule has 0 aliphatic heterocycles. The van der Waals surface area contributed by atoms with Gasteiger partial charge in [-0.3, -0.25) is 9.59 Å². The van der Waals surface area contributed by atoms with Gasteiger partial charge < -0.3 is 25.4 Å². The molecule has 0 saturated carbocycles. The van der Waals surface area contributed by atoms with Gasteiger partial charge in [-0.05, 0) is 36.4 Å². The van der Waals surface area contributed by atoms with Crippen molar-refractivity contribution in [1.82, 2.24) is 5.32 Å². The average Bonchev–Trinajstić information content (AvgIpc) is 2.60. The van der Waals surface area contributed by atoms with Crippen LogP contribution in [0.25, 0.3) is 0 Å². The minimum absolute atomic E-state index is 0. The zero-order valence-corrected chi connectivity index (χ0v) is 15.7. The Hall–Kier alpha value is -2.77. The molecule has 0 atom stereocenters. The molecule has 8 heteroatoms. The quantitative estimate of drug-likeness (QED) is 0.401. The minimum Gasteiger partial charge on any atom is -0.504 e. The maximum Gasteiger partial charge on any atom is 0.200 e. The van der Waals surface area contributed by atoms with Crippen LogP contribution in [0.2, 0.25) is 0 Å². The molecule has 7 nitrogen and oxygen atoms in total. The summed E-state index contributed by atoms with van der Waals surface area (Å²) in [5.41, 5.74) is 0.494. The Bertz CT molecular complexity index is 822. The second kappa shape index (κ2) is 9.80. The second-order valence-electron chi connectivity index (χ2n) is 6.06. The van der Waals surface area contributed by atoms with Crippen molar-refractivity contribution in [1.29, 1.82) is 0 Å². The highest BCUT2D eigenvalue weighted by Crippen LogP contribution is 2.28. The molecule has 0 radical (unpaired) electrons. The van der Waals surface area contributed by atoms with Crippen LogP contribution in [0.1, 0.15) is 34.6 Å². The van der Waals surface area contributed by atoms with Crippen LogP contribution in [0.15, 0.2) is 36.4 Å². The largest absolute Gasteiger partial charge is 0.504 e. The third-order valence-corrected chi connectivity index (χ3v) is 3.61. The number of aromatic hydroxyl groups is 3. The zero-order valence-electron chi connectivity index (χ0n) is 14.9. The Morgan fingerprint density at radius 1 is 0.926 bits per heavy atom. The number of benzene rings is 2. The van der Waals surface area contributed by atoms with Crippen molar-refractivity contribution in [2.75, 3.05) is 13.2 Å². The number of rotatable bonds is 8. The molecule has 0 fully saturated rings. The van der Waals surface area contributed by atoms with E-state index >= 15 is 0 Å². The van der Waals surface area contributed by atoms with E-state index in [2.05, 4.69) is 5.32 Å². The summed E-state index contributed by atoms with van der Waals surface area (Å²) in [5, 5.41) is 31.6. The van der Waals surface area contributed by atoms with Crippen molar-refractivity contribution in [3.63, 3.8) is 0 Å². The highest BCUT2D eigenvalue weighted by molar-refractivity contribution is 5.99. The second-order valence-corrected chi connectivity index (χ2v) is 6.06. The number of hydrogen-bond donors (Lipinski definition) is 4. The number of phenols is 3. The van der Waals surface area contributed by atoms with Crippen molar-refractivity contribution in [2.24, 2.45) is 0 Å². The summed E-state index contributed by atoms with van der Waals surface area (Å²) < 4.78 is 5.32. The Kier molecular flexibility index (Phi) is 8.08. The molecule has 0 aliphatic rings. The molecule has 0 heterocycles. The fourth-order valence-electron chi connectivity index (χ4n) is 2.13. The molecule has 0 unspecified atom stereocenters. The molecular formula is C19H22ClNO6. The third-order valence-electron chi connectivity index (χ3n) is 3.61. The third kappa shape index (κ3) is 6.16. The van der Waals surface area contributed by atoms with Crippen LogP contribution >= 0.6 is 12.4 Å². The number of phenolic OH excluding ortho intramolecular Hbond substituents is 3. The van der Waals surface area contributed by atoms with Crippen LogP contribution in [0, 0.1) is 0 Å². The molecule has 27 heavy (non-hydrogen) atoms. The van der Waals surface area contributed by atoms with Crippen LogP contribution in [0.3, 0.4) is 0 Å². The predicted octanol–water partition coefficient (Wildman–Crippen LogP) is 2.67. The first-order valence-corrected chi connectivity index (χ1v) is 8.05. The van der Waals surface area contributed by atoms with E-state index in [0.717, 1.165) is 6.07 Å². The molecule has 0 saturated heterocycles. The van der Waals surface area contributed by atoms with E-state index in [-0.39, 0.29) is 53.6 Å². The molecule has 0 aliphatic carbocycles. The van der Waals surface area contributed by atoms with E-state index in [9.17, 15) is 24.9 Å². The number of carbonyl (C=O) groups excluding carboxylic acids is 2. The Labute approximate surface area is 163 Å². The van der Waals surface area contributed by atoms with Gasteiger partial charge in [0.15, 0.2) is 41.2 Å². The molecule has 0 aromatic heterocycles. The summed E-state index contributed by atoms with van der Waals surface area (Å²) in [6.07, 6.45) is 0. The highest BCUT2D eigenvalue weighted by atomic mass is 35.5. The van der Waals surface area contributed by atoms with Gasteiger partial charge in [-0.2, -0.15) is 0 Å². The first-order valence-electron chi connectivity index (χ1n) is 8.05. The zero-order chi connectivity index (χ0) is 19.3. The Morgan fingerprint density at radius 3 is 2.11 bits per heavy atom. The maximum absolute atomic E-state index is 12.1. The van der Waals surface area contributed by atoms with Gasteiger partial charge in [0.1, 0.15) is 0 Å². The van der Waals surface area contributed by atoms with Gasteiger partial charge in [-0.25, -0.2) is 0 Å². The van der Waals surface area contributed by atoms with Crippen LogP contribution < -0.4 is 10.1 Å². The number of nitrogens with one attached hydrogen (secondary N) is 1. The summed E-state index contributed by atoms with van der Waals surface area (Å²) in [6.45, 7) is 3.59. The Balaban J connectivity index is 0.00000364. The lowest BCUT2D eigenvalue weighted by molar-refractivity contribution is 0.0919. The van der Waals surface area contributed by atoms with Gasteiger partial charge in [0, 0.05) is 17.2 Å². The van der Waals surface area contributed by atoms with E-state index in [4.69, 9.17) is 4.74 Å². The SMILES string of the molecule is CC(C)NCC(=O)c1ccc(O)c(OCC(=O)c2ccc(O)c(O)c2)c1.Cl. The lowest BCUT2D eigenvalue weighted by Gasteiger charge is -2.11. The van der Waals surface area contributed by atoms with Crippen LogP contribution in [-0.2, 0) is 0 Å². The fourth-order valence-corrected chi connectivity index (χ4v) is 2.13. The number of Topliss-reactive ketones (excluding diaryl/α,β-unsaturated/α-hetero) is 2. The lowest BCUT2D eigenvalue weighted by atomic mass is 10.1. The smallest absolute Gasteiger partial charge is 0.200 e. The molecular weight excluding hydrogens is 374 g/mol. The van der Waals surface area contributed by atoms with Gasteiger partial charge in [0.25, 0.3) is 0 Å². The van der Waals surface area contributed by atoms with E-state index in [0.29, 0.717) is 5.56 Å². The topological polar surface area (TPSA) is 116 Å². The first-order chi connectivity index (χ1) is 12.3. The van der Waals surface area contributed by atoms with Gasteiger partial charge in [-0.1, -0.05) is 13.8 Å². The van der Waals surface area contributed by atoms with Crippen LogP contribution in [0.4, 0.5) is 0 Å². The van der Waals surface area contributed by atoms with E-state index in [1.165, 1.54) is 30.3 Å². The number of ether oxygens (including phenoxy) is 1. The summed E-state index contributed by atoms with van der Waals surface area (Å²) in [7, 11) is 0. The molecule has 4 N–H and O–H groups in total. The van der Waals surface area contributed by atoms with E-state index < -0.39 is 18.1 Å². The number of halogens is 1. The highest BCUT2D eigenvalue weighted by Gasteiger charge is 2.14. The number of ketones is 2. The molecule has 2 aromatic rings. The predicted molar refractivity (Wildman–Crippen MR) is 102 cm³/mol. The minimum atomic E-state index is -0.460. The summed E-state index contributed by atoms with van der Waals surface area (Å²) >= 11 is 0. The van der Waals surface area contributed by atoms with E-state index in [1.807, 2.05) is 13.8 Å². The molecule has 2 rings (SSSR count). The van der Waals surface area contributed by atoms with Gasteiger partial charge >= 0.3 is 0 Å². The average molecular weight is 396 g/mol. The fraction of sp³-hybridized carbons (Fsp3) is 0.263. The van der Waals surface area contributed by atoms with Crippen molar-refractivity contribution >= 4 is 24.0 Å². The van der Waals surface area contributed by atoms with Crippen LogP contribution in [-0.4, -0.2) is 46.1 Å². The molecule has 0 amide bonds. The summed E-state index contributed by atoms with van der Waals surface area (Å²) in [4.78, 5) is 24.2. The number of hydrogen-bond acceptors (Lipinski definition) is 7. The molecule has 0 bridgehead atoms. The summed E-state index contributed by atoms with van der Waals surface area (Å²) in [5.74, 6) is -1.56. The van der Waals surface area contributed by atoms with Crippen LogP contribution in [0.5, 0.6) is 23.0 Å². The monoisotopic (exact) mass is 395 g/mol. The van der Waals surface area contributed by atoms with Gasteiger partial charge in [0.2, 0.25) is 0 Å². The van der Waals surface area contributed by atoms with Gasteiger partial charge in [0.05, 0.1) is 6.54 Å². The van der Waals surface area contributed by atoms with E-state index in [1.54, 1.807) is 0 Å². The van der Waals surface area contributed by atoms with Crippen molar-refractivity contribution < 1.29 is 29.6 Å². The molecule has 146 valence electrons.